The molecular weight excluding hydrogens is 310 g/mol. The lowest BCUT2D eigenvalue weighted by molar-refractivity contribution is -0.135. The molecule has 8 nitrogen and oxygen atoms in total. The van der Waals surface area contributed by atoms with E-state index in [9.17, 15) is 9.59 Å². The van der Waals surface area contributed by atoms with Gasteiger partial charge in [-0.3, -0.25) is 14.6 Å². The number of nitrogens with zero attached hydrogens (tertiary/aromatic N) is 5. The first kappa shape index (κ1) is 16.5. The quantitative estimate of drug-likeness (QED) is 0.772. The first-order chi connectivity index (χ1) is 11.4. The summed E-state index contributed by atoms with van der Waals surface area (Å²) in [6.45, 7) is 1.69. The average molecular weight is 333 g/mol. The summed E-state index contributed by atoms with van der Waals surface area (Å²) in [5.74, 6) is 1.06. The van der Waals surface area contributed by atoms with Gasteiger partial charge in [0.15, 0.2) is 5.82 Å². The zero-order chi connectivity index (χ0) is 17.3. The zero-order valence-corrected chi connectivity index (χ0v) is 14.3. The highest BCUT2D eigenvalue weighted by Gasteiger charge is 2.37. The minimum Gasteiger partial charge on any atom is -0.471 e. The minimum absolute atomic E-state index is 0.0381. The van der Waals surface area contributed by atoms with Crippen LogP contribution in [0.5, 0.6) is 5.88 Å². The molecule has 0 spiro atoms. The molecule has 2 fully saturated rings. The lowest BCUT2D eigenvalue weighted by atomic mass is 10.1. The molecule has 2 atom stereocenters. The van der Waals surface area contributed by atoms with Gasteiger partial charge in [0.1, 0.15) is 6.10 Å². The maximum atomic E-state index is 12.5. The van der Waals surface area contributed by atoms with Gasteiger partial charge >= 0.3 is 0 Å². The zero-order valence-electron chi connectivity index (χ0n) is 14.3. The van der Waals surface area contributed by atoms with Gasteiger partial charge in [0.2, 0.25) is 17.7 Å². The first-order valence-electron chi connectivity index (χ1n) is 8.13. The molecule has 1 aromatic heterocycles. The fraction of sp³-hybridized carbons (Fsp3) is 0.625. The summed E-state index contributed by atoms with van der Waals surface area (Å²) >= 11 is 0. The predicted molar refractivity (Wildman–Crippen MR) is 87.7 cm³/mol. The Hall–Kier alpha value is -2.38. The summed E-state index contributed by atoms with van der Waals surface area (Å²) in [6.07, 6.45) is 4.24. The summed E-state index contributed by atoms with van der Waals surface area (Å²) in [4.78, 5) is 37.9. The molecule has 0 saturated carbocycles. The van der Waals surface area contributed by atoms with Gasteiger partial charge in [-0.25, -0.2) is 0 Å². The molecule has 1 aromatic rings. The smallest absolute Gasteiger partial charge is 0.234 e. The molecule has 2 aliphatic rings. The van der Waals surface area contributed by atoms with Crippen LogP contribution in [0, 0.1) is 5.92 Å². The number of carbonyl (C=O) groups is 2. The van der Waals surface area contributed by atoms with Crippen molar-refractivity contribution in [1.29, 1.82) is 0 Å². The van der Waals surface area contributed by atoms with Crippen LogP contribution in [-0.2, 0) is 9.59 Å². The average Bonchev–Trinajstić information content (AvgIpc) is 3.14. The van der Waals surface area contributed by atoms with Crippen LogP contribution in [0.25, 0.3) is 0 Å². The SMILES string of the molecule is CN1CC(C(=O)N2CCC(Oc3cncc(N(C)C)n3)C2)CC1=O. The largest absolute Gasteiger partial charge is 0.471 e. The third-order valence-electron chi connectivity index (χ3n) is 4.49. The Morgan fingerprint density at radius 3 is 2.79 bits per heavy atom. The Labute approximate surface area is 141 Å². The fourth-order valence-corrected chi connectivity index (χ4v) is 3.09. The molecule has 0 radical (unpaired) electrons. The number of carbonyl (C=O) groups excluding carboxylic acids is 2. The molecule has 0 aliphatic carbocycles. The molecule has 2 aliphatic heterocycles. The van der Waals surface area contributed by atoms with E-state index in [2.05, 4.69) is 9.97 Å². The maximum absolute atomic E-state index is 12.5. The van der Waals surface area contributed by atoms with Crippen molar-refractivity contribution in [2.24, 2.45) is 5.92 Å². The van der Waals surface area contributed by atoms with E-state index >= 15 is 0 Å². The van der Waals surface area contributed by atoms with Gasteiger partial charge in [0.05, 0.1) is 24.9 Å². The van der Waals surface area contributed by atoms with Crippen molar-refractivity contribution in [2.45, 2.75) is 18.9 Å². The molecule has 0 aromatic carbocycles. The molecular formula is C16H23N5O3. The van der Waals surface area contributed by atoms with Crippen LogP contribution in [0.15, 0.2) is 12.4 Å². The van der Waals surface area contributed by atoms with Crippen molar-refractivity contribution < 1.29 is 14.3 Å². The number of hydrogen-bond donors (Lipinski definition) is 0. The molecule has 130 valence electrons. The summed E-state index contributed by atoms with van der Waals surface area (Å²) in [7, 11) is 5.52. The molecule has 2 unspecified atom stereocenters. The van der Waals surface area contributed by atoms with Crippen LogP contribution < -0.4 is 9.64 Å². The summed E-state index contributed by atoms with van der Waals surface area (Å²) in [5, 5.41) is 0. The van der Waals surface area contributed by atoms with Gasteiger partial charge in [-0.05, 0) is 0 Å². The van der Waals surface area contributed by atoms with E-state index in [0.717, 1.165) is 12.2 Å². The molecule has 3 rings (SSSR count). The monoisotopic (exact) mass is 333 g/mol. The Morgan fingerprint density at radius 1 is 1.33 bits per heavy atom. The lowest BCUT2D eigenvalue weighted by Crippen LogP contribution is -2.36. The maximum Gasteiger partial charge on any atom is 0.234 e. The second kappa shape index (κ2) is 6.62. The summed E-state index contributed by atoms with van der Waals surface area (Å²) in [6, 6.07) is 0. The Kier molecular flexibility index (Phi) is 4.55. The number of anilines is 1. The van der Waals surface area contributed by atoms with Crippen LogP contribution in [0.2, 0.25) is 0 Å². The number of amides is 2. The highest BCUT2D eigenvalue weighted by Crippen LogP contribution is 2.23. The number of ether oxygens (including phenoxy) is 1. The molecule has 3 heterocycles. The van der Waals surface area contributed by atoms with E-state index in [-0.39, 0.29) is 23.8 Å². The van der Waals surface area contributed by atoms with Crippen molar-refractivity contribution in [1.82, 2.24) is 19.8 Å². The van der Waals surface area contributed by atoms with Gasteiger partial charge in [-0.1, -0.05) is 0 Å². The number of rotatable bonds is 4. The van der Waals surface area contributed by atoms with E-state index in [4.69, 9.17) is 4.74 Å². The molecule has 2 saturated heterocycles. The van der Waals surface area contributed by atoms with Crippen molar-refractivity contribution in [3.63, 3.8) is 0 Å². The number of hydrogen-bond acceptors (Lipinski definition) is 6. The van der Waals surface area contributed by atoms with Gasteiger partial charge < -0.3 is 19.4 Å². The molecule has 0 bridgehead atoms. The minimum atomic E-state index is -0.224. The standard InChI is InChI=1S/C16H23N5O3/c1-19(2)13-7-17-8-14(18-13)24-12-4-5-21(10-12)16(23)11-6-15(22)20(3)9-11/h7-8,11-12H,4-6,9-10H2,1-3H3. The predicted octanol–water partition coefficient (Wildman–Crippen LogP) is 0.000600. The Balaban J connectivity index is 1.57. The van der Waals surface area contributed by atoms with E-state index in [1.54, 1.807) is 29.2 Å². The van der Waals surface area contributed by atoms with E-state index < -0.39 is 0 Å². The molecule has 0 N–H and O–H groups in total. The normalized spacial score (nSPS) is 23.7. The van der Waals surface area contributed by atoms with Crippen molar-refractivity contribution >= 4 is 17.6 Å². The van der Waals surface area contributed by atoms with Crippen LogP contribution in [-0.4, -0.2) is 78.5 Å². The van der Waals surface area contributed by atoms with Crippen LogP contribution >= 0.6 is 0 Å². The van der Waals surface area contributed by atoms with Crippen LogP contribution in [0.1, 0.15) is 12.8 Å². The fourth-order valence-electron chi connectivity index (χ4n) is 3.09. The first-order valence-corrected chi connectivity index (χ1v) is 8.13. The van der Waals surface area contributed by atoms with E-state index in [0.29, 0.717) is 31.9 Å². The van der Waals surface area contributed by atoms with E-state index in [1.165, 1.54) is 0 Å². The van der Waals surface area contributed by atoms with Crippen molar-refractivity contribution in [3.05, 3.63) is 12.4 Å². The van der Waals surface area contributed by atoms with Gasteiger partial charge in [0, 0.05) is 47.1 Å². The lowest BCUT2D eigenvalue weighted by Gasteiger charge is -2.20. The van der Waals surface area contributed by atoms with Crippen LogP contribution in [0.4, 0.5) is 5.82 Å². The topological polar surface area (TPSA) is 78.9 Å². The highest BCUT2D eigenvalue weighted by molar-refractivity contribution is 5.89. The van der Waals surface area contributed by atoms with Gasteiger partial charge in [0.25, 0.3) is 0 Å². The molecule has 2 amide bonds. The summed E-state index contributed by atoms with van der Waals surface area (Å²) in [5.41, 5.74) is 0. The van der Waals surface area contributed by atoms with E-state index in [1.807, 2.05) is 19.0 Å². The highest BCUT2D eigenvalue weighted by atomic mass is 16.5. The number of likely N-dealkylation sites (tertiary alicyclic amines) is 2. The third-order valence-corrected chi connectivity index (χ3v) is 4.49. The second-order valence-electron chi connectivity index (χ2n) is 6.60. The van der Waals surface area contributed by atoms with Crippen molar-refractivity contribution in [3.8, 4) is 5.88 Å². The summed E-state index contributed by atoms with van der Waals surface area (Å²) < 4.78 is 5.88. The van der Waals surface area contributed by atoms with Gasteiger partial charge in [-0.15, -0.1) is 0 Å². The second-order valence-corrected chi connectivity index (χ2v) is 6.60. The van der Waals surface area contributed by atoms with Gasteiger partial charge in [-0.2, -0.15) is 4.98 Å². The Morgan fingerprint density at radius 2 is 2.12 bits per heavy atom. The third kappa shape index (κ3) is 3.42. The van der Waals surface area contributed by atoms with Crippen molar-refractivity contribution in [2.75, 3.05) is 45.7 Å². The Bertz CT molecular complexity index is 636. The number of aromatic nitrogens is 2. The van der Waals surface area contributed by atoms with Crippen LogP contribution in [0.3, 0.4) is 0 Å². The molecule has 24 heavy (non-hydrogen) atoms. The molecule has 8 heteroatoms.